The summed E-state index contributed by atoms with van der Waals surface area (Å²) in [5, 5.41) is 30.6. The monoisotopic (exact) mass is 346 g/mol. The fourth-order valence-electron chi connectivity index (χ4n) is 2.23. The maximum atomic E-state index is 11.9. The molecule has 0 radical (unpaired) electrons. The zero-order valence-corrected chi connectivity index (χ0v) is 13.2. The summed E-state index contributed by atoms with van der Waals surface area (Å²) in [4.78, 5) is 23.2. The summed E-state index contributed by atoms with van der Waals surface area (Å²) in [6, 6.07) is 13.8. The van der Waals surface area contributed by atoms with E-state index in [0.29, 0.717) is 5.56 Å². The number of carbonyl (C=O) groups is 2. The van der Waals surface area contributed by atoms with Crippen LogP contribution in [0.3, 0.4) is 0 Å². The van der Waals surface area contributed by atoms with Crippen LogP contribution in [-0.4, -0.2) is 28.4 Å². The maximum Gasteiger partial charge on any atom is 0.408 e. The first kappa shape index (κ1) is 18.4. The van der Waals surface area contributed by atoms with Gasteiger partial charge in [0.1, 0.15) is 12.6 Å². The van der Waals surface area contributed by atoms with Crippen LogP contribution in [0.2, 0.25) is 0 Å². The van der Waals surface area contributed by atoms with Gasteiger partial charge in [-0.2, -0.15) is 5.23 Å². The first-order valence-electron chi connectivity index (χ1n) is 7.48. The number of aliphatic carboxylic acids is 1. The summed E-state index contributed by atoms with van der Waals surface area (Å²) >= 11 is 0. The molecule has 2 aromatic rings. The normalized spacial score (nSPS) is 12.9. The van der Waals surface area contributed by atoms with Gasteiger partial charge in [0.2, 0.25) is 0 Å². The highest BCUT2D eigenvalue weighted by atomic mass is 16.8. The van der Waals surface area contributed by atoms with E-state index in [9.17, 15) is 19.9 Å². The van der Waals surface area contributed by atoms with Gasteiger partial charge >= 0.3 is 12.1 Å². The summed E-state index contributed by atoms with van der Waals surface area (Å²) in [6.07, 6.45) is -0.819. The molecule has 132 valence electrons. The van der Waals surface area contributed by atoms with Gasteiger partial charge in [0.15, 0.2) is 5.69 Å². The van der Waals surface area contributed by atoms with E-state index in [2.05, 4.69) is 5.32 Å². The van der Waals surface area contributed by atoms with E-state index in [1.165, 1.54) is 12.1 Å². The van der Waals surface area contributed by atoms with Gasteiger partial charge < -0.3 is 20.4 Å². The van der Waals surface area contributed by atoms with E-state index < -0.39 is 23.3 Å². The lowest BCUT2D eigenvalue weighted by Crippen LogP contribution is -2.99. The Morgan fingerprint density at radius 1 is 1.12 bits per heavy atom. The highest BCUT2D eigenvalue weighted by Crippen LogP contribution is 2.11. The molecule has 0 aliphatic heterocycles. The van der Waals surface area contributed by atoms with Gasteiger partial charge in [-0.3, -0.25) is 0 Å². The van der Waals surface area contributed by atoms with Gasteiger partial charge in [0, 0.05) is 12.5 Å². The highest BCUT2D eigenvalue weighted by molar-refractivity contribution is 5.80. The fourth-order valence-corrected chi connectivity index (χ4v) is 2.23. The molecule has 0 aromatic heterocycles. The Morgan fingerprint density at radius 3 is 2.40 bits per heavy atom. The number of hydrogen-bond donors (Lipinski definition) is 4. The maximum absolute atomic E-state index is 11.9. The number of nitrogens with one attached hydrogen (secondary N) is 2. The number of ether oxygens (including phenoxy) is 1. The molecule has 25 heavy (non-hydrogen) atoms. The Bertz CT molecular complexity index is 720. The zero-order chi connectivity index (χ0) is 18.2. The van der Waals surface area contributed by atoms with E-state index >= 15 is 0 Å². The van der Waals surface area contributed by atoms with Crippen LogP contribution in [0.1, 0.15) is 11.1 Å². The molecular formula is C17H18N2O6. The molecule has 0 spiro atoms. The molecule has 0 fully saturated rings. The van der Waals surface area contributed by atoms with Gasteiger partial charge in [-0.15, -0.1) is 0 Å². The highest BCUT2D eigenvalue weighted by Gasteiger charge is 2.21. The molecule has 0 aliphatic rings. The van der Waals surface area contributed by atoms with Gasteiger partial charge in [0.25, 0.3) is 0 Å². The minimum Gasteiger partial charge on any atom is -0.595 e. The van der Waals surface area contributed by atoms with Gasteiger partial charge in [-0.05, 0) is 11.6 Å². The third-order valence-corrected chi connectivity index (χ3v) is 3.48. The average Bonchev–Trinajstić information content (AvgIpc) is 2.60. The van der Waals surface area contributed by atoms with Crippen molar-refractivity contribution in [1.82, 2.24) is 5.32 Å². The first-order chi connectivity index (χ1) is 12.0. The number of alkyl carbamates (subject to hydrolysis) is 1. The summed E-state index contributed by atoms with van der Waals surface area (Å²) in [7, 11) is 0. The first-order valence-corrected chi connectivity index (χ1v) is 7.48. The molecule has 2 aromatic carbocycles. The number of benzene rings is 2. The van der Waals surface area contributed by atoms with Crippen LogP contribution in [0, 0.1) is 5.21 Å². The Labute approximate surface area is 143 Å². The number of rotatable bonds is 7. The largest absolute Gasteiger partial charge is 0.595 e. The van der Waals surface area contributed by atoms with Gasteiger partial charge in [-0.25, -0.2) is 14.8 Å². The van der Waals surface area contributed by atoms with Crippen molar-refractivity contribution in [3.8, 4) is 0 Å². The quantitative estimate of drug-likeness (QED) is 0.555. The summed E-state index contributed by atoms with van der Waals surface area (Å²) in [5.74, 6) is -1.19. The van der Waals surface area contributed by atoms with Crippen LogP contribution in [-0.2, 0) is 22.6 Å². The molecule has 1 unspecified atom stereocenters. The fraction of sp³-hybridized carbons (Fsp3) is 0.176. The molecule has 0 bridgehead atoms. The summed E-state index contributed by atoms with van der Waals surface area (Å²) < 4.78 is 4.96. The SMILES string of the molecule is O=C(N[C@@H](Cc1ccccc1)C(=O)O)OCc1ccccc1[NH+]([O-])O. The number of carboxylic acids is 1. The molecule has 8 heteroatoms. The minimum absolute atomic E-state index is 0.0226. The van der Waals surface area contributed by atoms with Crippen molar-refractivity contribution in [3.63, 3.8) is 0 Å². The Kier molecular flexibility index (Phi) is 6.47. The average molecular weight is 346 g/mol. The lowest BCUT2D eigenvalue weighted by Gasteiger charge is -2.17. The van der Waals surface area contributed by atoms with Crippen molar-refractivity contribution in [2.45, 2.75) is 19.1 Å². The van der Waals surface area contributed by atoms with Crippen molar-refractivity contribution < 1.29 is 29.9 Å². The molecule has 2 rings (SSSR count). The van der Waals surface area contributed by atoms with Crippen LogP contribution in [0.25, 0.3) is 0 Å². The molecule has 0 saturated carbocycles. The molecular weight excluding hydrogens is 328 g/mol. The number of carbonyl (C=O) groups excluding carboxylic acids is 1. The third kappa shape index (κ3) is 5.57. The van der Waals surface area contributed by atoms with Crippen LogP contribution >= 0.6 is 0 Å². The van der Waals surface area contributed by atoms with Crippen molar-refractivity contribution >= 4 is 17.7 Å². The van der Waals surface area contributed by atoms with Crippen LogP contribution in [0.15, 0.2) is 54.6 Å². The van der Waals surface area contributed by atoms with E-state index in [4.69, 9.17) is 9.94 Å². The van der Waals surface area contributed by atoms with Crippen molar-refractivity contribution in [2.24, 2.45) is 0 Å². The Balaban J connectivity index is 1.95. The Hall–Kier alpha value is -2.94. The molecule has 4 N–H and O–H groups in total. The van der Waals surface area contributed by atoms with Crippen molar-refractivity contribution in [2.75, 3.05) is 0 Å². The van der Waals surface area contributed by atoms with E-state index in [1.807, 2.05) is 0 Å². The zero-order valence-electron chi connectivity index (χ0n) is 13.2. The lowest BCUT2D eigenvalue weighted by molar-refractivity contribution is -0.991. The minimum atomic E-state index is -1.19. The molecule has 8 nitrogen and oxygen atoms in total. The van der Waals surface area contributed by atoms with Gasteiger partial charge in [0.05, 0.1) is 5.56 Å². The Morgan fingerprint density at radius 2 is 1.76 bits per heavy atom. The second-order valence-electron chi connectivity index (χ2n) is 5.26. The summed E-state index contributed by atoms with van der Waals surface area (Å²) in [5.41, 5.74) is 1.10. The predicted molar refractivity (Wildman–Crippen MR) is 87.1 cm³/mol. The van der Waals surface area contributed by atoms with E-state index in [1.54, 1.807) is 42.5 Å². The van der Waals surface area contributed by atoms with E-state index in [-0.39, 0.29) is 18.7 Å². The molecule has 1 amide bonds. The third-order valence-electron chi connectivity index (χ3n) is 3.48. The second kappa shape index (κ2) is 8.78. The van der Waals surface area contributed by atoms with Crippen molar-refractivity contribution in [1.29, 1.82) is 0 Å². The number of hydrogen-bond acceptors (Lipinski definition) is 5. The summed E-state index contributed by atoms with van der Waals surface area (Å²) in [6.45, 7) is -0.272. The standard InChI is InChI=1S/C17H18N2O6/c20-16(21)14(10-12-6-2-1-3-7-12)18-17(22)25-11-13-8-4-5-9-15(13)19(23)24/h1-9,14,19,23H,10-11H2,(H,18,22)(H,20,21)/t14-/m0/s1. The van der Waals surface area contributed by atoms with Crippen molar-refractivity contribution in [3.05, 3.63) is 70.9 Å². The van der Waals surface area contributed by atoms with Gasteiger partial charge in [-0.1, -0.05) is 42.5 Å². The second-order valence-corrected chi connectivity index (χ2v) is 5.26. The molecule has 0 aliphatic carbocycles. The van der Waals surface area contributed by atoms with Crippen LogP contribution in [0.5, 0.6) is 0 Å². The number of amides is 1. The van der Waals surface area contributed by atoms with E-state index in [0.717, 1.165) is 5.56 Å². The van der Waals surface area contributed by atoms with Crippen LogP contribution < -0.4 is 10.5 Å². The predicted octanol–water partition coefficient (Wildman–Crippen LogP) is 1.01. The molecule has 2 atom stereocenters. The number of quaternary nitrogens is 1. The topological polar surface area (TPSA) is 123 Å². The number of carboxylic acid groups (broad SMARTS) is 1. The molecule has 0 heterocycles. The van der Waals surface area contributed by atoms with Crippen LogP contribution in [0.4, 0.5) is 10.5 Å². The molecule has 0 saturated heterocycles. The smallest absolute Gasteiger partial charge is 0.408 e. The number of para-hydroxylation sites is 1. The lowest BCUT2D eigenvalue weighted by atomic mass is 10.1.